The summed E-state index contributed by atoms with van der Waals surface area (Å²) in [4.78, 5) is 0. The normalized spacial score (nSPS) is 49.2. The van der Waals surface area contributed by atoms with Crippen LogP contribution in [-0.2, 0) is 0 Å². The lowest BCUT2D eigenvalue weighted by Gasteiger charge is -2.33. The van der Waals surface area contributed by atoms with Crippen molar-refractivity contribution in [3.63, 3.8) is 0 Å². The molecule has 4 N–H and O–H groups in total. The van der Waals surface area contributed by atoms with Crippen molar-refractivity contribution in [1.29, 1.82) is 0 Å². The lowest BCUT2D eigenvalue weighted by molar-refractivity contribution is -0.0990. The third kappa shape index (κ3) is 1.46. The van der Waals surface area contributed by atoms with Gasteiger partial charge in [0.1, 0.15) is 12.5 Å². The molecule has 10 heavy (non-hydrogen) atoms. The fraction of sp³-hybridized carbons (Fsp3) is 1.00. The fourth-order valence-electron chi connectivity index (χ4n) is 1.09. The van der Waals surface area contributed by atoms with Gasteiger partial charge in [-0.1, -0.05) is 6.92 Å². The first-order valence-electron chi connectivity index (χ1n) is 3.41. The molecule has 0 spiro atoms. The number of rotatable bonds is 0. The molecule has 0 aromatic rings. The Labute approximate surface area is 59.5 Å². The average molecular weight is 147 g/mol. The SMILES string of the molecule is CC1CC(O)C(O)NC1O. The largest absolute Gasteiger partial charge is 0.389 e. The number of aliphatic hydroxyl groups excluding tert-OH is 3. The highest BCUT2D eigenvalue weighted by Crippen LogP contribution is 2.16. The van der Waals surface area contributed by atoms with Crippen molar-refractivity contribution in [2.75, 3.05) is 0 Å². The molecule has 1 saturated heterocycles. The number of piperidine rings is 1. The van der Waals surface area contributed by atoms with Gasteiger partial charge in [-0.25, -0.2) is 0 Å². The predicted molar refractivity (Wildman–Crippen MR) is 34.9 cm³/mol. The molecule has 1 aliphatic rings. The summed E-state index contributed by atoms with van der Waals surface area (Å²) in [6.45, 7) is 1.81. The highest BCUT2D eigenvalue weighted by molar-refractivity contribution is 4.79. The molecule has 0 aromatic heterocycles. The Morgan fingerprint density at radius 1 is 1.20 bits per heavy atom. The summed E-state index contributed by atoms with van der Waals surface area (Å²) in [6.07, 6.45) is -1.99. The van der Waals surface area contributed by atoms with E-state index in [1.165, 1.54) is 0 Å². The van der Waals surface area contributed by atoms with E-state index in [4.69, 9.17) is 15.3 Å². The summed E-state index contributed by atoms with van der Waals surface area (Å²) < 4.78 is 0. The first kappa shape index (κ1) is 7.94. The first-order chi connectivity index (χ1) is 4.61. The summed E-state index contributed by atoms with van der Waals surface area (Å²) in [5.74, 6) is -0.00148. The summed E-state index contributed by atoms with van der Waals surface area (Å²) in [5, 5.41) is 29.5. The molecule has 4 nitrogen and oxygen atoms in total. The van der Waals surface area contributed by atoms with E-state index in [9.17, 15) is 0 Å². The quantitative estimate of drug-likeness (QED) is 0.340. The molecule has 1 rings (SSSR count). The fourth-order valence-corrected chi connectivity index (χ4v) is 1.09. The second-order valence-corrected chi connectivity index (χ2v) is 2.84. The van der Waals surface area contributed by atoms with Gasteiger partial charge in [-0.15, -0.1) is 0 Å². The van der Waals surface area contributed by atoms with Crippen LogP contribution in [0.1, 0.15) is 13.3 Å². The van der Waals surface area contributed by atoms with Crippen molar-refractivity contribution in [2.45, 2.75) is 31.9 Å². The van der Waals surface area contributed by atoms with Gasteiger partial charge in [-0.3, -0.25) is 5.32 Å². The van der Waals surface area contributed by atoms with E-state index in [2.05, 4.69) is 5.32 Å². The van der Waals surface area contributed by atoms with E-state index in [-0.39, 0.29) is 5.92 Å². The van der Waals surface area contributed by atoms with Gasteiger partial charge in [-0.2, -0.15) is 0 Å². The van der Waals surface area contributed by atoms with Gasteiger partial charge < -0.3 is 15.3 Å². The van der Waals surface area contributed by atoms with Crippen LogP contribution in [0.15, 0.2) is 0 Å². The zero-order valence-electron chi connectivity index (χ0n) is 5.86. The monoisotopic (exact) mass is 147 g/mol. The average Bonchev–Trinajstić information content (AvgIpc) is 1.84. The molecule has 0 amide bonds. The number of nitrogens with one attached hydrogen (secondary N) is 1. The van der Waals surface area contributed by atoms with E-state index in [0.29, 0.717) is 6.42 Å². The van der Waals surface area contributed by atoms with Crippen LogP contribution in [0.2, 0.25) is 0 Å². The summed E-state index contributed by atoms with van der Waals surface area (Å²) in [6, 6.07) is 0. The lowest BCUT2D eigenvalue weighted by atomic mass is 9.97. The standard InChI is InChI=1S/C6H13NO3/c1-3-2-4(8)6(10)7-5(3)9/h3-10H,2H2,1H3. The molecule has 60 valence electrons. The molecular formula is C6H13NO3. The molecule has 4 heteroatoms. The van der Waals surface area contributed by atoms with Crippen LogP contribution >= 0.6 is 0 Å². The first-order valence-corrected chi connectivity index (χ1v) is 3.41. The Balaban J connectivity index is 2.46. The molecule has 4 unspecified atom stereocenters. The van der Waals surface area contributed by atoms with Crippen molar-refractivity contribution in [1.82, 2.24) is 5.32 Å². The van der Waals surface area contributed by atoms with E-state index in [0.717, 1.165) is 0 Å². The molecule has 0 aliphatic carbocycles. The van der Waals surface area contributed by atoms with Gasteiger partial charge in [0.25, 0.3) is 0 Å². The minimum absolute atomic E-state index is 0.00148. The van der Waals surface area contributed by atoms with Crippen LogP contribution < -0.4 is 5.32 Å². The minimum Gasteiger partial charge on any atom is -0.389 e. The molecule has 4 atom stereocenters. The topological polar surface area (TPSA) is 72.7 Å². The highest BCUT2D eigenvalue weighted by Gasteiger charge is 2.30. The van der Waals surface area contributed by atoms with Gasteiger partial charge in [0.15, 0.2) is 0 Å². The summed E-state index contributed by atoms with van der Waals surface area (Å²) >= 11 is 0. The van der Waals surface area contributed by atoms with Gasteiger partial charge in [0, 0.05) is 0 Å². The van der Waals surface area contributed by atoms with Crippen molar-refractivity contribution in [3.05, 3.63) is 0 Å². The molecule has 0 aromatic carbocycles. The van der Waals surface area contributed by atoms with E-state index >= 15 is 0 Å². The summed E-state index contributed by atoms with van der Waals surface area (Å²) in [5.41, 5.74) is 0. The molecule has 1 heterocycles. The second-order valence-electron chi connectivity index (χ2n) is 2.84. The van der Waals surface area contributed by atoms with Crippen LogP contribution in [0.5, 0.6) is 0 Å². The Morgan fingerprint density at radius 3 is 2.30 bits per heavy atom. The van der Waals surface area contributed by atoms with Crippen molar-refractivity contribution < 1.29 is 15.3 Å². The van der Waals surface area contributed by atoms with Gasteiger partial charge in [0.05, 0.1) is 6.10 Å². The van der Waals surface area contributed by atoms with Crippen LogP contribution in [-0.4, -0.2) is 33.9 Å². The Hall–Kier alpha value is -0.160. The maximum Gasteiger partial charge on any atom is 0.133 e. The minimum atomic E-state index is -0.980. The molecule has 1 aliphatic heterocycles. The highest BCUT2D eigenvalue weighted by atomic mass is 16.4. The molecule has 0 radical (unpaired) electrons. The Bertz CT molecular complexity index is 93.6. The Morgan fingerprint density at radius 2 is 1.80 bits per heavy atom. The second kappa shape index (κ2) is 2.84. The maximum absolute atomic E-state index is 9.08. The van der Waals surface area contributed by atoms with Gasteiger partial charge in [0.2, 0.25) is 0 Å². The maximum atomic E-state index is 9.08. The van der Waals surface area contributed by atoms with Crippen LogP contribution in [0, 0.1) is 5.92 Å². The third-order valence-electron chi connectivity index (χ3n) is 1.86. The number of hydrogen-bond donors (Lipinski definition) is 4. The van der Waals surface area contributed by atoms with E-state index in [1.54, 1.807) is 0 Å². The lowest BCUT2D eigenvalue weighted by Crippen LogP contribution is -2.53. The van der Waals surface area contributed by atoms with Crippen molar-refractivity contribution in [3.8, 4) is 0 Å². The number of aliphatic hydroxyl groups is 3. The summed E-state index contributed by atoms with van der Waals surface area (Å²) in [7, 11) is 0. The molecular weight excluding hydrogens is 134 g/mol. The third-order valence-corrected chi connectivity index (χ3v) is 1.86. The van der Waals surface area contributed by atoms with Crippen molar-refractivity contribution >= 4 is 0 Å². The van der Waals surface area contributed by atoms with Crippen molar-refractivity contribution in [2.24, 2.45) is 5.92 Å². The zero-order valence-corrected chi connectivity index (χ0v) is 5.86. The van der Waals surface area contributed by atoms with Gasteiger partial charge in [-0.05, 0) is 12.3 Å². The Kier molecular flexibility index (Phi) is 2.25. The molecule has 0 bridgehead atoms. The molecule has 1 fully saturated rings. The van der Waals surface area contributed by atoms with Gasteiger partial charge >= 0.3 is 0 Å². The van der Waals surface area contributed by atoms with Crippen LogP contribution in [0.3, 0.4) is 0 Å². The molecule has 0 saturated carbocycles. The van der Waals surface area contributed by atoms with E-state index in [1.807, 2.05) is 6.92 Å². The predicted octanol–water partition coefficient (Wildman–Crippen LogP) is -1.39. The number of hydrogen-bond acceptors (Lipinski definition) is 4. The van der Waals surface area contributed by atoms with E-state index < -0.39 is 18.6 Å². The smallest absolute Gasteiger partial charge is 0.133 e. The van der Waals surface area contributed by atoms with Crippen LogP contribution in [0.25, 0.3) is 0 Å². The van der Waals surface area contributed by atoms with Crippen LogP contribution in [0.4, 0.5) is 0 Å². The zero-order chi connectivity index (χ0) is 7.72.